The number of piperidine rings is 1. The van der Waals surface area contributed by atoms with E-state index in [0.29, 0.717) is 36.6 Å². The van der Waals surface area contributed by atoms with Gasteiger partial charge in [0.15, 0.2) is 11.5 Å². The number of carbonyl (C=O) groups is 1. The number of rotatable bonds is 5. The third-order valence-electron chi connectivity index (χ3n) is 6.89. The maximum Gasteiger partial charge on any atom is 0.295 e. The monoisotopic (exact) mass is 481 g/mol. The highest BCUT2D eigenvalue weighted by atomic mass is 16.2. The molecule has 0 bridgehead atoms. The van der Waals surface area contributed by atoms with E-state index in [1.807, 2.05) is 80.3 Å². The van der Waals surface area contributed by atoms with Gasteiger partial charge in [-0.2, -0.15) is 0 Å². The summed E-state index contributed by atoms with van der Waals surface area (Å²) in [5.74, 6) is 0.137. The van der Waals surface area contributed by atoms with Gasteiger partial charge in [-0.15, -0.1) is 0 Å². The lowest BCUT2D eigenvalue weighted by molar-refractivity contribution is -0.120. The molecule has 0 radical (unpaired) electrons. The van der Waals surface area contributed by atoms with Crippen LogP contribution in [0.2, 0.25) is 0 Å². The molecule has 0 saturated carbocycles. The molecule has 1 atom stereocenters. The van der Waals surface area contributed by atoms with E-state index in [1.165, 1.54) is 5.56 Å². The van der Waals surface area contributed by atoms with E-state index in [4.69, 9.17) is 4.98 Å². The lowest BCUT2D eigenvalue weighted by Gasteiger charge is -2.33. The van der Waals surface area contributed by atoms with Crippen molar-refractivity contribution in [2.75, 3.05) is 23.3 Å². The minimum Gasteiger partial charge on any atom is -0.351 e. The zero-order valence-corrected chi connectivity index (χ0v) is 21.0. The lowest BCUT2D eigenvalue weighted by atomic mass is 9.96. The van der Waals surface area contributed by atoms with E-state index in [2.05, 4.69) is 10.3 Å². The molecule has 1 unspecified atom stereocenters. The zero-order chi connectivity index (χ0) is 25.2. The molecule has 7 heteroatoms. The van der Waals surface area contributed by atoms with Crippen LogP contribution < -0.4 is 15.8 Å². The standard InChI is InChI=1S/C29H31N5O2/c1-19-9-12-22(13-10-19)17-34-26-24(7-4-14-30-26)31-27(29(34)36)33-15-5-6-23(18-33)28(35)32-25-16-20(2)8-11-21(25)3/h4,7-14,16,23H,5-6,15,17-18H2,1-3H3,(H,32,35). The average Bonchev–Trinajstić information content (AvgIpc) is 2.89. The maximum atomic E-state index is 13.7. The fourth-order valence-electron chi connectivity index (χ4n) is 4.78. The Morgan fingerprint density at radius 3 is 2.64 bits per heavy atom. The van der Waals surface area contributed by atoms with Gasteiger partial charge in [0.1, 0.15) is 5.52 Å². The number of nitrogens with one attached hydrogen (secondary N) is 1. The van der Waals surface area contributed by atoms with Crippen molar-refractivity contribution in [1.82, 2.24) is 14.5 Å². The summed E-state index contributed by atoms with van der Waals surface area (Å²) < 4.78 is 1.70. The van der Waals surface area contributed by atoms with Crippen LogP contribution in [0, 0.1) is 26.7 Å². The van der Waals surface area contributed by atoms with Crippen molar-refractivity contribution in [3.63, 3.8) is 0 Å². The van der Waals surface area contributed by atoms with Crippen LogP contribution in [0.15, 0.2) is 65.6 Å². The number of fused-ring (bicyclic) bond motifs is 1. The third kappa shape index (κ3) is 4.87. The molecule has 4 aromatic rings. The van der Waals surface area contributed by atoms with Crippen LogP contribution in [-0.2, 0) is 11.3 Å². The third-order valence-corrected chi connectivity index (χ3v) is 6.89. The molecule has 7 nitrogen and oxygen atoms in total. The topological polar surface area (TPSA) is 80.1 Å². The fraction of sp³-hybridized carbons (Fsp3) is 0.310. The van der Waals surface area contributed by atoms with Crippen molar-refractivity contribution in [2.24, 2.45) is 5.92 Å². The number of aromatic nitrogens is 3. The van der Waals surface area contributed by atoms with Gasteiger partial charge in [-0.3, -0.25) is 14.2 Å². The fourth-order valence-corrected chi connectivity index (χ4v) is 4.78. The quantitative estimate of drug-likeness (QED) is 0.450. The molecule has 1 amide bonds. The number of benzene rings is 2. The molecule has 2 aromatic heterocycles. The van der Waals surface area contributed by atoms with Crippen molar-refractivity contribution in [1.29, 1.82) is 0 Å². The number of amides is 1. The van der Waals surface area contributed by atoms with Crippen molar-refractivity contribution in [2.45, 2.75) is 40.2 Å². The van der Waals surface area contributed by atoms with Crippen LogP contribution in [0.3, 0.4) is 0 Å². The average molecular weight is 482 g/mol. The van der Waals surface area contributed by atoms with E-state index < -0.39 is 0 Å². The lowest BCUT2D eigenvalue weighted by Crippen LogP contribution is -2.44. The molecule has 0 aliphatic carbocycles. The molecule has 1 aliphatic heterocycles. The maximum absolute atomic E-state index is 13.7. The number of hydrogen-bond acceptors (Lipinski definition) is 5. The van der Waals surface area contributed by atoms with Gasteiger partial charge in [-0.25, -0.2) is 9.97 Å². The van der Waals surface area contributed by atoms with E-state index in [0.717, 1.165) is 35.2 Å². The highest BCUT2D eigenvalue weighted by molar-refractivity contribution is 5.93. The van der Waals surface area contributed by atoms with E-state index in [9.17, 15) is 9.59 Å². The zero-order valence-electron chi connectivity index (χ0n) is 21.0. The Balaban J connectivity index is 1.44. The van der Waals surface area contributed by atoms with Gasteiger partial charge in [-0.05, 0) is 68.5 Å². The van der Waals surface area contributed by atoms with Crippen molar-refractivity contribution >= 4 is 28.6 Å². The van der Waals surface area contributed by atoms with E-state index >= 15 is 0 Å². The second-order valence-corrected chi connectivity index (χ2v) is 9.75. The first kappa shape index (κ1) is 23.7. The summed E-state index contributed by atoms with van der Waals surface area (Å²) in [7, 11) is 0. The number of carbonyl (C=O) groups excluding carboxylic acids is 1. The molecule has 1 aliphatic rings. The number of pyridine rings is 1. The van der Waals surface area contributed by atoms with Gasteiger partial charge >= 0.3 is 0 Å². The van der Waals surface area contributed by atoms with Gasteiger partial charge in [0.25, 0.3) is 5.56 Å². The van der Waals surface area contributed by atoms with Crippen molar-refractivity contribution < 1.29 is 4.79 Å². The second-order valence-electron chi connectivity index (χ2n) is 9.75. The summed E-state index contributed by atoms with van der Waals surface area (Å²) in [5, 5.41) is 3.11. The summed E-state index contributed by atoms with van der Waals surface area (Å²) in [6.07, 6.45) is 3.28. The number of hydrogen-bond donors (Lipinski definition) is 1. The Hall–Kier alpha value is -4.00. The highest BCUT2D eigenvalue weighted by Crippen LogP contribution is 2.24. The Morgan fingerprint density at radius 1 is 1.06 bits per heavy atom. The summed E-state index contributed by atoms with van der Waals surface area (Å²) in [4.78, 5) is 38.1. The molecule has 184 valence electrons. The first-order valence-corrected chi connectivity index (χ1v) is 12.4. The van der Waals surface area contributed by atoms with Crippen LogP contribution in [0.25, 0.3) is 11.2 Å². The largest absolute Gasteiger partial charge is 0.351 e. The molecule has 1 saturated heterocycles. The second kappa shape index (κ2) is 9.93. The first-order chi connectivity index (χ1) is 17.4. The van der Waals surface area contributed by atoms with Crippen molar-refractivity contribution in [3.8, 4) is 0 Å². The molecule has 0 spiro atoms. The Kier molecular flexibility index (Phi) is 6.55. The minimum absolute atomic E-state index is 0.0177. The molecule has 2 aromatic carbocycles. The smallest absolute Gasteiger partial charge is 0.295 e. The number of anilines is 2. The van der Waals surface area contributed by atoms with Crippen LogP contribution in [-0.4, -0.2) is 33.5 Å². The molecule has 1 fully saturated rings. The van der Waals surface area contributed by atoms with Gasteiger partial charge in [0, 0.05) is 25.0 Å². The Morgan fingerprint density at radius 2 is 1.83 bits per heavy atom. The molecule has 1 N–H and O–H groups in total. The SMILES string of the molecule is Cc1ccc(Cn2c(=O)c(N3CCCC(C(=O)Nc4cc(C)ccc4C)C3)nc3cccnc32)cc1. The van der Waals surface area contributed by atoms with Crippen LogP contribution >= 0.6 is 0 Å². The Bertz CT molecular complexity index is 1480. The van der Waals surface area contributed by atoms with Crippen molar-refractivity contribution in [3.05, 3.63) is 93.4 Å². The molecule has 3 heterocycles. The van der Waals surface area contributed by atoms with Gasteiger partial charge in [-0.1, -0.05) is 42.0 Å². The number of aryl methyl sites for hydroxylation is 3. The summed E-state index contributed by atoms with van der Waals surface area (Å²) >= 11 is 0. The molecular weight excluding hydrogens is 450 g/mol. The van der Waals surface area contributed by atoms with Crippen LogP contribution in [0.4, 0.5) is 11.5 Å². The van der Waals surface area contributed by atoms with E-state index in [1.54, 1.807) is 10.8 Å². The molecular formula is C29H31N5O2. The number of nitrogens with zero attached hydrogens (tertiary/aromatic N) is 4. The Labute approximate surface area is 210 Å². The molecule has 5 rings (SSSR count). The summed E-state index contributed by atoms with van der Waals surface area (Å²) in [5.41, 5.74) is 6.21. The summed E-state index contributed by atoms with van der Waals surface area (Å²) in [6, 6.07) is 17.9. The molecule has 36 heavy (non-hydrogen) atoms. The minimum atomic E-state index is -0.227. The van der Waals surface area contributed by atoms with Gasteiger partial charge in [0.2, 0.25) is 5.91 Å². The van der Waals surface area contributed by atoms with Crippen LogP contribution in [0.5, 0.6) is 0 Å². The van der Waals surface area contributed by atoms with Gasteiger partial charge in [0.05, 0.1) is 12.5 Å². The highest BCUT2D eigenvalue weighted by Gasteiger charge is 2.29. The van der Waals surface area contributed by atoms with Gasteiger partial charge < -0.3 is 10.2 Å². The normalized spacial score (nSPS) is 15.8. The summed E-state index contributed by atoms with van der Waals surface area (Å²) in [6.45, 7) is 7.60. The predicted octanol–water partition coefficient (Wildman–Crippen LogP) is 4.62. The predicted molar refractivity (Wildman–Crippen MR) is 144 cm³/mol. The van der Waals surface area contributed by atoms with E-state index in [-0.39, 0.29) is 17.4 Å². The first-order valence-electron chi connectivity index (χ1n) is 12.4. The van der Waals surface area contributed by atoms with Crippen LogP contribution in [0.1, 0.15) is 35.1 Å².